The summed E-state index contributed by atoms with van der Waals surface area (Å²) in [7, 11) is 1.17. The third kappa shape index (κ3) is 3.31. The number of furan rings is 1. The van der Waals surface area contributed by atoms with Gasteiger partial charge in [-0.1, -0.05) is 18.2 Å². The normalized spacial score (nSPS) is 10.6. The maximum absolute atomic E-state index is 12.5. The van der Waals surface area contributed by atoms with Crippen molar-refractivity contribution in [1.29, 1.82) is 0 Å². The van der Waals surface area contributed by atoms with Crippen molar-refractivity contribution in [3.05, 3.63) is 52.1 Å². The van der Waals surface area contributed by atoms with E-state index in [2.05, 4.69) is 15.4 Å². The van der Waals surface area contributed by atoms with Gasteiger partial charge in [0.25, 0.3) is 11.8 Å². The van der Waals surface area contributed by atoms with Crippen molar-refractivity contribution in [1.82, 2.24) is 5.32 Å². The van der Waals surface area contributed by atoms with Gasteiger partial charge in [-0.3, -0.25) is 14.9 Å². The van der Waals surface area contributed by atoms with E-state index in [4.69, 9.17) is 4.42 Å². The van der Waals surface area contributed by atoms with Crippen LogP contribution in [0.15, 0.2) is 34.7 Å². The van der Waals surface area contributed by atoms with E-state index in [1.165, 1.54) is 18.4 Å². The zero-order valence-corrected chi connectivity index (χ0v) is 15.2. The molecule has 0 unspecified atom stereocenters. The number of amides is 3. The summed E-state index contributed by atoms with van der Waals surface area (Å²) in [4.78, 5) is 37.0. The summed E-state index contributed by atoms with van der Waals surface area (Å²) >= 11 is 1.25. The summed E-state index contributed by atoms with van der Waals surface area (Å²) < 4.78 is 9.98. The second-order valence-electron chi connectivity index (χ2n) is 5.54. The molecule has 0 atom stereocenters. The number of anilines is 1. The van der Waals surface area contributed by atoms with Crippen LogP contribution in [0.4, 0.5) is 9.80 Å². The highest BCUT2D eigenvalue weighted by Crippen LogP contribution is 2.33. The first-order valence-corrected chi connectivity index (χ1v) is 8.51. The van der Waals surface area contributed by atoms with Crippen LogP contribution in [-0.4, -0.2) is 25.0 Å². The molecule has 2 aromatic heterocycles. The minimum Gasteiger partial charge on any atom is -0.453 e. The molecule has 1 aromatic carbocycles. The number of hydrogen-bond donors (Lipinski definition) is 2. The Morgan fingerprint density at radius 3 is 2.54 bits per heavy atom. The highest BCUT2D eigenvalue weighted by Gasteiger charge is 2.24. The fourth-order valence-corrected chi connectivity index (χ4v) is 3.51. The molecule has 0 bridgehead atoms. The first-order chi connectivity index (χ1) is 12.4. The van der Waals surface area contributed by atoms with Gasteiger partial charge in [-0.15, -0.1) is 11.3 Å². The Bertz CT molecular complexity index is 985. The van der Waals surface area contributed by atoms with E-state index in [-0.39, 0.29) is 11.3 Å². The topological polar surface area (TPSA) is 97.6 Å². The molecule has 0 fully saturated rings. The number of methoxy groups -OCH3 is 1. The molecule has 3 amide bonds. The predicted molar refractivity (Wildman–Crippen MR) is 97.8 cm³/mol. The molecule has 134 valence electrons. The molecule has 0 radical (unpaired) electrons. The van der Waals surface area contributed by atoms with E-state index in [1.807, 2.05) is 25.1 Å². The number of aryl methyl sites for hydroxylation is 1. The first kappa shape index (κ1) is 17.7. The third-order valence-electron chi connectivity index (χ3n) is 3.89. The molecule has 26 heavy (non-hydrogen) atoms. The molecule has 0 aliphatic rings. The van der Waals surface area contributed by atoms with E-state index >= 15 is 0 Å². The van der Waals surface area contributed by atoms with Gasteiger partial charge in [0.1, 0.15) is 10.6 Å². The maximum atomic E-state index is 12.5. The van der Waals surface area contributed by atoms with Crippen LogP contribution < -0.4 is 10.6 Å². The van der Waals surface area contributed by atoms with E-state index in [0.29, 0.717) is 16.1 Å². The van der Waals surface area contributed by atoms with Gasteiger partial charge in [0.15, 0.2) is 5.76 Å². The summed E-state index contributed by atoms with van der Waals surface area (Å²) in [6, 6.07) is 8.90. The summed E-state index contributed by atoms with van der Waals surface area (Å²) in [5.41, 5.74) is 1.50. The highest BCUT2D eigenvalue weighted by atomic mass is 32.1. The Morgan fingerprint density at radius 1 is 1.12 bits per heavy atom. The Kier molecular flexibility index (Phi) is 4.77. The lowest BCUT2D eigenvalue weighted by Gasteiger charge is -2.06. The number of carbonyl (C=O) groups is 3. The Labute approximate surface area is 152 Å². The second-order valence-corrected chi connectivity index (χ2v) is 6.76. The van der Waals surface area contributed by atoms with Gasteiger partial charge in [0.2, 0.25) is 0 Å². The molecular weight excluding hydrogens is 356 g/mol. The largest absolute Gasteiger partial charge is 0.453 e. The minimum absolute atomic E-state index is 0.134. The first-order valence-electron chi connectivity index (χ1n) is 7.70. The van der Waals surface area contributed by atoms with Crippen LogP contribution in [0.2, 0.25) is 0 Å². The molecule has 2 heterocycles. The number of ether oxygens (including phenoxy) is 1. The highest BCUT2D eigenvalue weighted by molar-refractivity contribution is 7.16. The van der Waals surface area contributed by atoms with Gasteiger partial charge in [-0.2, -0.15) is 0 Å². The van der Waals surface area contributed by atoms with E-state index in [9.17, 15) is 14.4 Å². The van der Waals surface area contributed by atoms with Crippen LogP contribution in [0.3, 0.4) is 0 Å². The van der Waals surface area contributed by atoms with Gasteiger partial charge in [-0.05, 0) is 31.5 Å². The molecule has 3 rings (SSSR count). The molecule has 0 saturated heterocycles. The number of carbonyl (C=O) groups excluding carboxylic acids is 3. The van der Waals surface area contributed by atoms with Crippen molar-refractivity contribution in [3.63, 3.8) is 0 Å². The number of para-hydroxylation sites is 1. The van der Waals surface area contributed by atoms with E-state index in [0.717, 1.165) is 10.3 Å². The van der Waals surface area contributed by atoms with E-state index < -0.39 is 17.9 Å². The van der Waals surface area contributed by atoms with Crippen LogP contribution >= 0.6 is 11.3 Å². The number of thiophene rings is 1. The average molecular weight is 372 g/mol. The summed E-state index contributed by atoms with van der Waals surface area (Å²) in [6.45, 7) is 3.57. The smallest absolute Gasteiger partial charge is 0.413 e. The zero-order chi connectivity index (χ0) is 18.8. The standard InChI is InChI=1S/C18H16N2O5S/c1-9-10(2)26-17(14(9)16(22)20-18(23)24-3)19-15(21)13-8-11-6-4-5-7-12(11)25-13/h4-8H,1-3H3,(H,19,21)(H,20,22,23). The van der Waals surface area contributed by atoms with Crippen molar-refractivity contribution in [2.45, 2.75) is 13.8 Å². The maximum Gasteiger partial charge on any atom is 0.413 e. The van der Waals surface area contributed by atoms with Crippen LogP contribution in [0, 0.1) is 13.8 Å². The van der Waals surface area contributed by atoms with Gasteiger partial charge < -0.3 is 14.5 Å². The van der Waals surface area contributed by atoms with Gasteiger partial charge in [-0.25, -0.2) is 4.79 Å². The molecule has 3 aromatic rings. The molecular formula is C18H16N2O5S. The summed E-state index contributed by atoms with van der Waals surface area (Å²) in [5.74, 6) is -0.984. The number of nitrogens with one attached hydrogen (secondary N) is 2. The number of alkyl carbamates (subject to hydrolysis) is 1. The monoisotopic (exact) mass is 372 g/mol. The van der Waals surface area contributed by atoms with Crippen molar-refractivity contribution >= 4 is 45.2 Å². The van der Waals surface area contributed by atoms with Crippen molar-refractivity contribution in [3.8, 4) is 0 Å². The minimum atomic E-state index is -0.868. The fourth-order valence-electron chi connectivity index (χ4n) is 2.45. The molecule has 2 N–H and O–H groups in total. The van der Waals surface area contributed by atoms with Crippen LogP contribution in [0.5, 0.6) is 0 Å². The van der Waals surface area contributed by atoms with Crippen molar-refractivity contribution in [2.24, 2.45) is 0 Å². The van der Waals surface area contributed by atoms with Gasteiger partial charge >= 0.3 is 6.09 Å². The number of imide groups is 1. The number of benzene rings is 1. The molecule has 0 saturated carbocycles. The lowest BCUT2D eigenvalue weighted by Crippen LogP contribution is -2.31. The summed E-state index contributed by atoms with van der Waals surface area (Å²) in [6.07, 6.45) is -0.868. The third-order valence-corrected chi connectivity index (χ3v) is 5.01. The van der Waals surface area contributed by atoms with Crippen LogP contribution in [0.25, 0.3) is 11.0 Å². The molecule has 0 spiro atoms. The van der Waals surface area contributed by atoms with E-state index in [1.54, 1.807) is 19.1 Å². The van der Waals surface area contributed by atoms with Crippen molar-refractivity contribution in [2.75, 3.05) is 12.4 Å². The van der Waals surface area contributed by atoms with Crippen LogP contribution in [0.1, 0.15) is 31.4 Å². The molecule has 7 nitrogen and oxygen atoms in total. The predicted octanol–water partition coefficient (Wildman–Crippen LogP) is 3.86. The summed E-state index contributed by atoms with van der Waals surface area (Å²) in [5, 5.41) is 5.95. The lowest BCUT2D eigenvalue weighted by molar-refractivity contribution is 0.0937. The molecule has 0 aliphatic carbocycles. The van der Waals surface area contributed by atoms with Gasteiger partial charge in [0.05, 0.1) is 12.7 Å². The molecule has 8 heteroatoms. The van der Waals surface area contributed by atoms with Crippen molar-refractivity contribution < 1.29 is 23.5 Å². The average Bonchev–Trinajstić information content (AvgIpc) is 3.16. The molecule has 0 aliphatic heterocycles. The SMILES string of the molecule is COC(=O)NC(=O)c1c(NC(=O)c2cc3ccccc3o2)sc(C)c1C. The number of rotatable bonds is 3. The Morgan fingerprint density at radius 2 is 1.85 bits per heavy atom. The second kappa shape index (κ2) is 7.01. The number of fused-ring (bicyclic) bond motifs is 1. The quantitative estimate of drug-likeness (QED) is 0.727. The fraction of sp³-hybridized carbons (Fsp3) is 0.167. The van der Waals surface area contributed by atoms with Gasteiger partial charge in [0, 0.05) is 10.3 Å². The zero-order valence-electron chi connectivity index (χ0n) is 14.3. The number of hydrogen-bond acceptors (Lipinski definition) is 6. The van der Waals surface area contributed by atoms with Crippen LogP contribution in [-0.2, 0) is 4.74 Å². The Hall–Kier alpha value is -3.13. The Balaban J connectivity index is 1.89. The lowest BCUT2D eigenvalue weighted by atomic mass is 10.1.